The normalized spacial score (nSPS) is 25.0. The Morgan fingerprint density at radius 1 is 1.24 bits per heavy atom. The highest BCUT2D eigenvalue weighted by atomic mass is 79.9. The summed E-state index contributed by atoms with van der Waals surface area (Å²) in [6.07, 6.45) is 9.87. The molecule has 1 fully saturated rings. The van der Waals surface area contributed by atoms with Gasteiger partial charge in [0, 0.05) is 15.2 Å². The van der Waals surface area contributed by atoms with Crippen molar-refractivity contribution in [3.8, 4) is 0 Å². The molecule has 0 bridgehead atoms. The molecule has 2 nitrogen and oxygen atoms in total. The smallest absolute Gasteiger partial charge is 0.0329 e. The van der Waals surface area contributed by atoms with E-state index in [0.29, 0.717) is 5.92 Å². The summed E-state index contributed by atoms with van der Waals surface area (Å²) in [5.41, 5.74) is 11.6. The molecule has 1 heterocycles. The molecule has 1 aromatic carbocycles. The predicted octanol–water partition coefficient (Wildman–Crippen LogP) is 5.64. The fourth-order valence-corrected chi connectivity index (χ4v) is 5.67. The zero-order valence-corrected chi connectivity index (χ0v) is 18.4. The molecule has 4 heteroatoms. The van der Waals surface area contributed by atoms with E-state index < -0.39 is 0 Å². The van der Waals surface area contributed by atoms with Crippen molar-refractivity contribution in [2.75, 3.05) is 20.1 Å². The molecule has 1 aliphatic carbocycles. The second kappa shape index (κ2) is 8.41. The van der Waals surface area contributed by atoms with Gasteiger partial charge in [0.25, 0.3) is 0 Å². The summed E-state index contributed by atoms with van der Waals surface area (Å²) in [6, 6.07) is 4.70. The number of aryl methyl sites for hydroxylation is 2. The largest absolute Gasteiger partial charge is 0.404 e. The van der Waals surface area contributed by atoms with E-state index in [9.17, 15) is 0 Å². The van der Waals surface area contributed by atoms with Crippen LogP contribution in [-0.4, -0.2) is 25.0 Å². The third-order valence-corrected chi connectivity index (χ3v) is 6.91. The highest BCUT2D eigenvalue weighted by Gasteiger charge is 2.32. The first-order valence-electron chi connectivity index (χ1n) is 9.22. The first-order chi connectivity index (χ1) is 12.0. The molecule has 0 aromatic heterocycles. The van der Waals surface area contributed by atoms with Crippen LogP contribution in [0.15, 0.2) is 38.9 Å². The molecule has 2 aliphatic rings. The molecule has 2 N–H and O–H groups in total. The number of halogens is 2. The van der Waals surface area contributed by atoms with Crippen molar-refractivity contribution in [1.82, 2.24) is 4.90 Å². The molecular formula is C21H28Br2N2. The van der Waals surface area contributed by atoms with Crippen LogP contribution in [0, 0.1) is 12.8 Å². The van der Waals surface area contributed by atoms with Crippen LogP contribution in [-0.2, 0) is 6.42 Å². The number of likely N-dealkylation sites (tertiary alicyclic amines) is 1. The van der Waals surface area contributed by atoms with Crippen LogP contribution in [0.5, 0.6) is 0 Å². The van der Waals surface area contributed by atoms with Crippen molar-refractivity contribution in [3.63, 3.8) is 0 Å². The zero-order valence-electron chi connectivity index (χ0n) is 15.2. The summed E-state index contributed by atoms with van der Waals surface area (Å²) >= 11 is 7.47. The average molecular weight is 468 g/mol. The van der Waals surface area contributed by atoms with E-state index in [1.165, 1.54) is 47.1 Å². The molecule has 1 saturated heterocycles. The lowest BCUT2D eigenvalue weighted by Crippen LogP contribution is -2.33. The van der Waals surface area contributed by atoms with Crippen LogP contribution < -0.4 is 5.73 Å². The maximum Gasteiger partial charge on any atom is 0.0329 e. The number of hydrogen-bond acceptors (Lipinski definition) is 2. The predicted molar refractivity (Wildman–Crippen MR) is 114 cm³/mol. The lowest BCUT2D eigenvalue weighted by Gasteiger charge is -2.35. The first-order valence-corrected chi connectivity index (χ1v) is 10.8. The maximum atomic E-state index is 5.68. The minimum Gasteiger partial charge on any atom is -0.404 e. The molecule has 0 radical (unpaired) electrons. The van der Waals surface area contributed by atoms with Crippen molar-refractivity contribution >= 4 is 31.9 Å². The third-order valence-electron chi connectivity index (χ3n) is 5.76. The first kappa shape index (κ1) is 19.2. The molecule has 1 atom stereocenters. The Labute approximate surface area is 168 Å². The van der Waals surface area contributed by atoms with Gasteiger partial charge in [0.15, 0.2) is 0 Å². The Balaban J connectivity index is 1.99. The Hall–Kier alpha value is -0.580. The van der Waals surface area contributed by atoms with Gasteiger partial charge in [0.1, 0.15) is 0 Å². The van der Waals surface area contributed by atoms with Crippen LogP contribution in [0.3, 0.4) is 0 Å². The SMILES string of the molecule is Cc1cc(Br)c2c(c1)CC/C(=C/C(Br)=C\N)CC2C1CCN(C)CC1. The van der Waals surface area contributed by atoms with Gasteiger partial charge >= 0.3 is 0 Å². The Morgan fingerprint density at radius 2 is 1.96 bits per heavy atom. The lowest BCUT2D eigenvalue weighted by molar-refractivity contribution is 0.197. The minimum absolute atomic E-state index is 0.602. The third kappa shape index (κ3) is 4.58. The van der Waals surface area contributed by atoms with Crippen molar-refractivity contribution < 1.29 is 0 Å². The van der Waals surface area contributed by atoms with E-state index in [0.717, 1.165) is 29.7 Å². The molecule has 1 aromatic rings. The van der Waals surface area contributed by atoms with Crippen LogP contribution in [0.25, 0.3) is 0 Å². The summed E-state index contributed by atoms with van der Waals surface area (Å²) in [7, 11) is 2.24. The van der Waals surface area contributed by atoms with Gasteiger partial charge in [0.2, 0.25) is 0 Å². The van der Waals surface area contributed by atoms with Gasteiger partial charge in [-0.3, -0.25) is 0 Å². The number of hydrogen-bond donors (Lipinski definition) is 1. The summed E-state index contributed by atoms with van der Waals surface area (Å²) in [6.45, 7) is 4.63. The minimum atomic E-state index is 0.602. The molecule has 136 valence electrons. The molecule has 3 rings (SSSR count). The van der Waals surface area contributed by atoms with E-state index in [-0.39, 0.29) is 0 Å². The van der Waals surface area contributed by atoms with E-state index in [4.69, 9.17) is 5.73 Å². The number of piperidine rings is 1. The average Bonchev–Trinajstić information content (AvgIpc) is 2.75. The second-order valence-electron chi connectivity index (χ2n) is 7.63. The summed E-state index contributed by atoms with van der Waals surface area (Å²) < 4.78 is 2.30. The van der Waals surface area contributed by atoms with Gasteiger partial charge in [-0.05, 0) is 116 Å². The van der Waals surface area contributed by atoms with E-state index in [2.05, 4.69) is 68.9 Å². The van der Waals surface area contributed by atoms with Crippen molar-refractivity contribution in [2.24, 2.45) is 11.7 Å². The number of fused-ring (bicyclic) bond motifs is 1. The number of allylic oxidation sites excluding steroid dienone is 3. The molecule has 1 aliphatic heterocycles. The Kier molecular flexibility index (Phi) is 6.45. The molecule has 0 spiro atoms. The fourth-order valence-electron chi connectivity index (χ4n) is 4.44. The molecule has 0 saturated carbocycles. The van der Waals surface area contributed by atoms with Crippen LogP contribution in [0.2, 0.25) is 0 Å². The van der Waals surface area contributed by atoms with Gasteiger partial charge in [-0.25, -0.2) is 0 Å². The summed E-state index contributed by atoms with van der Waals surface area (Å²) in [5.74, 6) is 1.36. The highest BCUT2D eigenvalue weighted by molar-refractivity contribution is 9.12. The van der Waals surface area contributed by atoms with E-state index in [1.54, 1.807) is 11.8 Å². The molecule has 25 heavy (non-hydrogen) atoms. The van der Waals surface area contributed by atoms with Crippen LogP contribution in [0.4, 0.5) is 0 Å². The second-order valence-corrected chi connectivity index (χ2v) is 9.40. The van der Waals surface area contributed by atoms with Gasteiger partial charge in [-0.1, -0.05) is 27.6 Å². The Bertz CT molecular complexity index is 685. The molecule has 0 amide bonds. The van der Waals surface area contributed by atoms with Crippen molar-refractivity contribution in [3.05, 3.63) is 55.6 Å². The fraction of sp³-hybridized carbons (Fsp3) is 0.524. The van der Waals surface area contributed by atoms with Crippen molar-refractivity contribution in [1.29, 1.82) is 0 Å². The Morgan fingerprint density at radius 3 is 2.64 bits per heavy atom. The zero-order chi connectivity index (χ0) is 18.0. The number of nitrogens with zero attached hydrogens (tertiary/aromatic N) is 1. The topological polar surface area (TPSA) is 29.3 Å². The monoisotopic (exact) mass is 466 g/mol. The highest BCUT2D eigenvalue weighted by Crippen LogP contribution is 2.45. The number of nitrogens with two attached hydrogens (primary N) is 1. The number of benzene rings is 1. The van der Waals surface area contributed by atoms with Gasteiger partial charge in [-0.2, -0.15) is 0 Å². The van der Waals surface area contributed by atoms with Crippen LogP contribution >= 0.6 is 31.9 Å². The molecular weight excluding hydrogens is 440 g/mol. The maximum absolute atomic E-state index is 5.68. The van der Waals surface area contributed by atoms with Gasteiger partial charge < -0.3 is 10.6 Å². The summed E-state index contributed by atoms with van der Waals surface area (Å²) in [5, 5.41) is 0. The standard InChI is InChI=1S/C21H28Br2N2/c1-14-9-17-4-3-15(11-18(22)13-24)12-19(21(17)20(23)10-14)16-5-7-25(2)8-6-16/h9-11,13,16,19H,3-8,12,24H2,1-2H3/b15-11-,18-13+. The summed E-state index contributed by atoms with van der Waals surface area (Å²) in [4.78, 5) is 2.46. The van der Waals surface area contributed by atoms with E-state index >= 15 is 0 Å². The van der Waals surface area contributed by atoms with Crippen molar-refractivity contribution in [2.45, 2.75) is 44.9 Å². The van der Waals surface area contributed by atoms with E-state index in [1.807, 2.05) is 0 Å². The lowest BCUT2D eigenvalue weighted by atomic mass is 9.76. The quantitative estimate of drug-likeness (QED) is 0.570. The van der Waals surface area contributed by atoms with Crippen LogP contribution in [0.1, 0.15) is 48.3 Å². The number of rotatable bonds is 2. The van der Waals surface area contributed by atoms with Gasteiger partial charge in [-0.15, -0.1) is 0 Å². The molecule has 1 unspecified atom stereocenters. The van der Waals surface area contributed by atoms with Gasteiger partial charge in [0.05, 0.1) is 0 Å².